The van der Waals surface area contributed by atoms with Gasteiger partial charge in [0, 0.05) is 50.3 Å². The lowest BCUT2D eigenvalue weighted by atomic mass is 10.1. The van der Waals surface area contributed by atoms with Crippen LogP contribution in [0.3, 0.4) is 0 Å². The van der Waals surface area contributed by atoms with Crippen molar-refractivity contribution in [3.63, 3.8) is 0 Å². The number of amides is 2. The highest BCUT2D eigenvalue weighted by molar-refractivity contribution is 7.89. The molecule has 8 nitrogen and oxygen atoms in total. The van der Waals surface area contributed by atoms with E-state index < -0.39 is 15.8 Å². The predicted octanol–water partition coefficient (Wildman–Crippen LogP) is 2.81. The monoisotopic (exact) mass is 471 g/mol. The van der Waals surface area contributed by atoms with Gasteiger partial charge >= 0.3 is 6.03 Å². The second-order valence-electron chi connectivity index (χ2n) is 7.91. The predicted molar refractivity (Wildman–Crippen MR) is 125 cm³/mol. The van der Waals surface area contributed by atoms with Crippen molar-refractivity contribution in [1.29, 1.82) is 0 Å². The van der Waals surface area contributed by atoms with Crippen LogP contribution < -0.4 is 10.6 Å². The van der Waals surface area contributed by atoms with Gasteiger partial charge < -0.3 is 10.6 Å². The number of para-hydroxylation sites is 1. The summed E-state index contributed by atoms with van der Waals surface area (Å²) >= 11 is 0. The Kier molecular flexibility index (Phi) is 6.87. The lowest BCUT2D eigenvalue weighted by Gasteiger charge is -2.33. The van der Waals surface area contributed by atoms with E-state index in [1.807, 2.05) is 37.3 Å². The van der Waals surface area contributed by atoms with Crippen LogP contribution in [0.2, 0.25) is 0 Å². The third-order valence-corrected chi connectivity index (χ3v) is 7.47. The van der Waals surface area contributed by atoms with Crippen molar-refractivity contribution >= 4 is 32.6 Å². The normalized spacial score (nSPS) is 15.5. The fraction of sp³-hybridized carbons (Fsp3) is 0.304. The summed E-state index contributed by atoms with van der Waals surface area (Å²) in [6.07, 6.45) is 0. The van der Waals surface area contributed by atoms with Crippen LogP contribution in [0, 0.1) is 12.7 Å². The van der Waals surface area contributed by atoms with Crippen molar-refractivity contribution in [1.82, 2.24) is 19.5 Å². The number of nitrogens with one attached hydrogen (secondary N) is 2. The zero-order valence-corrected chi connectivity index (χ0v) is 19.1. The molecule has 1 fully saturated rings. The molecule has 1 aliphatic heterocycles. The van der Waals surface area contributed by atoms with Gasteiger partial charge in [-0.3, -0.25) is 9.88 Å². The minimum atomic E-state index is -3.72. The molecular weight excluding hydrogens is 445 g/mol. The Hall–Kier alpha value is -3.08. The molecule has 0 bridgehead atoms. The van der Waals surface area contributed by atoms with Gasteiger partial charge in [-0.1, -0.05) is 24.3 Å². The van der Waals surface area contributed by atoms with Crippen molar-refractivity contribution in [2.24, 2.45) is 0 Å². The summed E-state index contributed by atoms with van der Waals surface area (Å²) < 4.78 is 40.2. The van der Waals surface area contributed by atoms with Gasteiger partial charge in [0.15, 0.2) is 0 Å². The number of halogens is 1. The first-order valence-corrected chi connectivity index (χ1v) is 12.2. The quantitative estimate of drug-likeness (QED) is 0.577. The largest absolute Gasteiger partial charge is 0.337 e. The first-order valence-electron chi connectivity index (χ1n) is 10.7. The van der Waals surface area contributed by atoms with Crippen molar-refractivity contribution in [3.05, 3.63) is 66.1 Å². The molecule has 0 saturated carbocycles. The third kappa shape index (κ3) is 5.47. The van der Waals surface area contributed by atoms with Crippen LogP contribution in [-0.2, 0) is 10.0 Å². The number of carbonyl (C=O) groups excluding carboxylic acids is 1. The van der Waals surface area contributed by atoms with E-state index >= 15 is 0 Å². The van der Waals surface area contributed by atoms with Gasteiger partial charge in [-0.15, -0.1) is 0 Å². The molecule has 33 heavy (non-hydrogen) atoms. The maximum Gasteiger partial charge on any atom is 0.319 e. The maximum absolute atomic E-state index is 13.4. The highest BCUT2D eigenvalue weighted by Gasteiger charge is 2.28. The number of aromatic nitrogens is 1. The highest BCUT2D eigenvalue weighted by atomic mass is 32.2. The molecular formula is C23H26FN5O3S. The second kappa shape index (κ2) is 9.82. The van der Waals surface area contributed by atoms with E-state index in [1.165, 1.54) is 22.5 Å². The molecule has 0 radical (unpaired) electrons. The number of fused-ring (bicyclic) bond motifs is 1. The maximum atomic E-state index is 13.4. The number of rotatable bonds is 6. The Balaban J connectivity index is 1.26. The van der Waals surface area contributed by atoms with E-state index in [1.54, 1.807) is 0 Å². The molecule has 0 atom stereocenters. The van der Waals surface area contributed by atoms with E-state index in [2.05, 4.69) is 20.5 Å². The van der Waals surface area contributed by atoms with Gasteiger partial charge in [-0.05, 0) is 37.3 Å². The SMILES string of the molecule is Cc1cc(NC(=O)NCCN2CCN(S(=O)(=O)c3cccc(F)c3)CC2)c2ccccc2n1. The molecule has 0 aliphatic carbocycles. The first kappa shape index (κ1) is 23.1. The van der Waals surface area contributed by atoms with Gasteiger partial charge in [0.25, 0.3) is 0 Å². The molecule has 2 amide bonds. The smallest absolute Gasteiger partial charge is 0.319 e. The molecule has 174 valence electrons. The van der Waals surface area contributed by atoms with Crippen molar-refractivity contribution in [3.8, 4) is 0 Å². The summed E-state index contributed by atoms with van der Waals surface area (Å²) in [4.78, 5) is 18.9. The van der Waals surface area contributed by atoms with Crippen LogP contribution in [0.5, 0.6) is 0 Å². The van der Waals surface area contributed by atoms with Crippen molar-refractivity contribution in [2.75, 3.05) is 44.6 Å². The number of anilines is 1. The molecule has 2 N–H and O–H groups in total. The van der Waals surface area contributed by atoms with Crippen LogP contribution >= 0.6 is 0 Å². The standard InChI is InChI=1S/C23H26FN5O3S/c1-17-15-22(20-7-2-3-8-21(20)26-17)27-23(30)25-9-10-28-11-13-29(14-12-28)33(31,32)19-6-4-5-18(24)16-19/h2-8,15-16H,9-14H2,1H3,(H2,25,26,27,30). The average Bonchev–Trinajstić information content (AvgIpc) is 2.79. The summed E-state index contributed by atoms with van der Waals surface area (Å²) in [6.45, 7) is 4.59. The van der Waals surface area contributed by atoms with Crippen molar-refractivity contribution in [2.45, 2.75) is 11.8 Å². The van der Waals surface area contributed by atoms with E-state index in [-0.39, 0.29) is 10.9 Å². The zero-order chi connectivity index (χ0) is 23.4. The van der Waals surface area contributed by atoms with E-state index in [0.29, 0.717) is 45.0 Å². The molecule has 0 unspecified atom stereocenters. The molecule has 10 heteroatoms. The number of piperazine rings is 1. The molecule has 1 aliphatic rings. The van der Waals surface area contributed by atoms with E-state index in [4.69, 9.17) is 0 Å². The lowest BCUT2D eigenvalue weighted by Crippen LogP contribution is -2.50. The highest BCUT2D eigenvalue weighted by Crippen LogP contribution is 2.23. The molecule has 0 spiro atoms. The number of nitrogens with zero attached hydrogens (tertiary/aromatic N) is 3. The fourth-order valence-electron chi connectivity index (χ4n) is 3.88. The molecule has 4 rings (SSSR count). The first-order chi connectivity index (χ1) is 15.8. The fourth-order valence-corrected chi connectivity index (χ4v) is 5.33. The minimum absolute atomic E-state index is 0.0341. The summed E-state index contributed by atoms with van der Waals surface area (Å²) in [5.74, 6) is -0.575. The number of aryl methyl sites for hydroxylation is 1. The summed E-state index contributed by atoms with van der Waals surface area (Å²) in [6, 6.07) is 14.2. The van der Waals surface area contributed by atoms with Crippen LogP contribution in [-0.4, -0.2) is 67.9 Å². The topological polar surface area (TPSA) is 94.6 Å². The van der Waals surface area contributed by atoms with E-state index in [9.17, 15) is 17.6 Å². The Morgan fingerprint density at radius 3 is 2.58 bits per heavy atom. The van der Waals surface area contributed by atoms with Gasteiger partial charge in [0.1, 0.15) is 5.82 Å². The number of carbonyl (C=O) groups is 1. The van der Waals surface area contributed by atoms with Crippen LogP contribution in [0.4, 0.5) is 14.9 Å². The van der Waals surface area contributed by atoms with Gasteiger partial charge in [-0.2, -0.15) is 4.31 Å². The number of hydrogen-bond donors (Lipinski definition) is 2. The van der Waals surface area contributed by atoms with Crippen LogP contribution in [0.15, 0.2) is 59.5 Å². The number of urea groups is 1. The Labute approximate surface area is 192 Å². The lowest BCUT2D eigenvalue weighted by molar-refractivity contribution is 0.189. The average molecular weight is 472 g/mol. The summed E-state index contributed by atoms with van der Waals surface area (Å²) in [7, 11) is -3.72. The minimum Gasteiger partial charge on any atom is -0.337 e. The molecule has 1 saturated heterocycles. The number of benzene rings is 2. The zero-order valence-electron chi connectivity index (χ0n) is 18.3. The summed E-state index contributed by atoms with van der Waals surface area (Å²) in [5, 5.41) is 6.61. The molecule has 3 aromatic rings. The van der Waals surface area contributed by atoms with E-state index in [0.717, 1.165) is 22.7 Å². The Morgan fingerprint density at radius 1 is 1.06 bits per heavy atom. The van der Waals surface area contributed by atoms with Crippen LogP contribution in [0.1, 0.15) is 5.69 Å². The van der Waals surface area contributed by atoms with Crippen molar-refractivity contribution < 1.29 is 17.6 Å². The Morgan fingerprint density at radius 2 is 1.82 bits per heavy atom. The summed E-state index contributed by atoms with van der Waals surface area (Å²) in [5.41, 5.74) is 2.33. The molecule has 2 heterocycles. The van der Waals surface area contributed by atoms with Gasteiger partial charge in [0.2, 0.25) is 10.0 Å². The van der Waals surface area contributed by atoms with Crippen LogP contribution in [0.25, 0.3) is 10.9 Å². The second-order valence-corrected chi connectivity index (χ2v) is 9.85. The number of sulfonamides is 1. The van der Waals surface area contributed by atoms with Gasteiger partial charge in [-0.25, -0.2) is 17.6 Å². The third-order valence-electron chi connectivity index (χ3n) is 5.57. The molecule has 2 aromatic carbocycles. The number of pyridine rings is 1. The Bertz CT molecular complexity index is 1260. The van der Waals surface area contributed by atoms with Gasteiger partial charge in [0.05, 0.1) is 16.1 Å². The number of hydrogen-bond acceptors (Lipinski definition) is 5. The molecule has 1 aromatic heterocycles.